The van der Waals surface area contributed by atoms with E-state index in [0.717, 1.165) is 38.5 Å². The minimum Gasteiger partial charge on any atom is -0.469 e. The van der Waals surface area contributed by atoms with Gasteiger partial charge in [0.2, 0.25) is 0 Å². The fraction of sp³-hybridized carbons (Fsp3) is 0.867. The maximum atomic E-state index is 14.1. The first-order valence-corrected chi connectivity index (χ1v) is 14.2. The average Bonchev–Trinajstić information content (AvgIpc) is 3.15. The number of Topliss-reactive ketones (excluding diaryl/α,β-unsaturated/α-hetero) is 1. The Kier molecular flexibility index (Phi) is 7.35. The van der Waals surface area contributed by atoms with Gasteiger partial charge < -0.3 is 14.2 Å². The molecule has 9 atom stereocenters. The Bertz CT molecular complexity index is 960. The molecule has 0 N–H and O–H groups in total. The number of hydrogen-bond donors (Lipinski definition) is 0. The van der Waals surface area contributed by atoms with Crippen LogP contribution in [0.1, 0.15) is 106 Å². The molecule has 4 aliphatic carbocycles. The number of hydrogen-bond acceptors (Lipinski definition) is 7. The highest BCUT2D eigenvalue weighted by Crippen LogP contribution is 2.75. The van der Waals surface area contributed by atoms with Crippen molar-refractivity contribution in [2.45, 2.75) is 118 Å². The fourth-order valence-corrected chi connectivity index (χ4v) is 9.74. The molecule has 0 aliphatic heterocycles. The predicted molar refractivity (Wildman–Crippen MR) is 137 cm³/mol. The summed E-state index contributed by atoms with van der Waals surface area (Å²) >= 11 is 0. The van der Waals surface area contributed by atoms with Crippen molar-refractivity contribution < 1.29 is 33.4 Å². The Hall–Kier alpha value is -1.92. The van der Waals surface area contributed by atoms with Gasteiger partial charge >= 0.3 is 17.9 Å². The average molecular weight is 519 g/mol. The number of carbonyl (C=O) groups is 4. The van der Waals surface area contributed by atoms with Crippen LogP contribution in [0.15, 0.2) is 0 Å². The van der Waals surface area contributed by atoms with Gasteiger partial charge in [-0.2, -0.15) is 0 Å². The second-order valence-corrected chi connectivity index (χ2v) is 13.4. The predicted octanol–water partition coefficient (Wildman–Crippen LogP) is 5.42. The van der Waals surface area contributed by atoms with E-state index in [2.05, 4.69) is 27.7 Å². The van der Waals surface area contributed by atoms with E-state index < -0.39 is 5.41 Å². The van der Waals surface area contributed by atoms with Crippen molar-refractivity contribution >= 4 is 23.7 Å². The van der Waals surface area contributed by atoms with Crippen molar-refractivity contribution in [1.82, 2.24) is 0 Å². The normalized spacial score (nSPS) is 44.7. The van der Waals surface area contributed by atoms with E-state index in [-0.39, 0.29) is 64.1 Å². The summed E-state index contributed by atoms with van der Waals surface area (Å²) in [7, 11) is 1.41. The molecular formula is C30H46O7. The molecule has 0 radical (unpaired) electrons. The first-order chi connectivity index (χ1) is 17.2. The second kappa shape index (κ2) is 9.68. The zero-order valence-electron chi connectivity index (χ0n) is 23.8. The Morgan fingerprint density at radius 1 is 0.919 bits per heavy atom. The van der Waals surface area contributed by atoms with Crippen molar-refractivity contribution in [2.24, 2.45) is 39.4 Å². The molecule has 0 bridgehead atoms. The summed E-state index contributed by atoms with van der Waals surface area (Å²) in [6.07, 6.45) is 6.95. The Labute approximate surface area is 221 Å². The molecule has 37 heavy (non-hydrogen) atoms. The van der Waals surface area contributed by atoms with E-state index >= 15 is 0 Å². The van der Waals surface area contributed by atoms with Crippen LogP contribution in [0.2, 0.25) is 0 Å². The highest BCUT2D eigenvalue weighted by molar-refractivity contribution is 5.87. The summed E-state index contributed by atoms with van der Waals surface area (Å²) in [5.74, 6) is -0.00796. The molecule has 0 aromatic carbocycles. The third-order valence-electron chi connectivity index (χ3n) is 11.8. The lowest BCUT2D eigenvalue weighted by Crippen LogP contribution is -2.69. The summed E-state index contributed by atoms with van der Waals surface area (Å²) in [4.78, 5) is 50.0. The molecule has 0 aromatic rings. The Morgan fingerprint density at radius 3 is 2.22 bits per heavy atom. The molecule has 0 saturated heterocycles. The van der Waals surface area contributed by atoms with Crippen LogP contribution in [0, 0.1) is 39.4 Å². The van der Waals surface area contributed by atoms with Gasteiger partial charge in [-0.3, -0.25) is 19.2 Å². The van der Waals surface area contributed by atoms with Gasteiger partial charge in [0.1, 0.15) is 18.0 Å². The molecule has 4 aliphatic rings. The molecule has 0 aromatic heterocycles. The molecule has 0 amide bonds. The van der Waals surface area contributed by atoms with Crippen LogP contribution in [0.5, 0.6) is 0 Å². The SMILES string of the molecule is COC(=O)CCC[C@H]1CC[C@@H]2[C@]1(C)C(=O)C[C@H]1[C@@]2(C)[C@H](OC(C)=O)C[C@]2(C)C[C@H](OC(C)=O)CC[C@]12C. The van der Waals surface area contributed by atoms with Gasteiger partial charge in [0.25, 0.3) is 0 Å². The second-order valence-electron chi connectivity index (χ2n) is 13.4. The molecule has 4 saturated carbocycles. The van der Waals surface area contributed by atoms with Crippen LogP contribution >= 0.6 is 0 Å². The summed E-state index contributed by atoms with van der Waals surface area (Å²) in [6.45, 7) is 12.0. The molecule has 4 rings (SSSR count). The van der Waals surface area contributed by atoms with E-state index in [0.29, 0.717) is 31.5 Å². The van der Waals surface area contributed by atoms with Gasteiger partial charge in [-0.15, -0.1) is 0 Å². The van der Waals surface area contributed by atoms with E-state index in [1.807, 2.05) is 0 Å². The van der Waals surface area contributed by atoms with Gasteiger partial charge in [-0.1, -0.05) is 27.7 Å². The highest BCUT2D eigenvalue weighted by atomic mass is 16.5. The molecule has 0 heterocycles. The number of carbonyl (C=O) groups excluding carboxylic acids is 4. The monoisotopic (exact) mass is 518 g/mol. The van der Waals surface area contributed by atoms with Gasteiger partial charge in [0.05, 0.1) is 7.11 Å². The highest BCUT2D eigenvalue weighted by Gasteiger charge is 2.73. The van der Waals surface area contributed by atoms with Crippen LogP contribution < -0.4 is 0 Å². The van der Waals surface area contributed by atoms with E-state index in [1.165, 1.54) is 21.0 Å². The molecule has 0 spiro atoms. The van der Waals surface area contributed by atoms with E-state index in [1.54, 1.807) is 0 Å². The third kappa shape index (κ3) is 4.32. The van der Waals surface area contributed by atoms with Gasteiger partial charge in [0.15, 0.2) is 0 Å². The number of methoxy groups -OCH3 is 1. The van der Waals surface area contributed by atoms with Gasteiger partial charge in [-0.25, -0.2) is 0 Å². The number of fused-ring (bicyclic) bond motifs is 5. The zero-order valence-corrected chi connectivity index (χ0v) is 23.8. The molecule has 208 valence electrons. The van der Waals surface area contributed by atoms with Gasteiger partial charge in [0, 0.05) is 37.5 Å². The number of rotatable bonds is 6. The van der Waals surface area contributed by atoms with Crippen molar-refractivity contribution in [2.75, 3.05) is 7.11 Å². The van der Waals surface area contributed by atoms with Crippen molar-refractivity contribution in [3.8, 4) is 0 Å². The van der Waals surface area contributed by atoms with Crippen molar-refractivity contribution in [3.63, 3.8) is 0 Å². The van der Waals surface area contributed by atoms with Crippen LogP contribution in [0.3, 0.4) is 0 Å². The molecular weight excluding hydrogens is 472 g/mol. The largest absolute Gasteiger partial charge is 0.469 e. The third-order valence-corrected chi connectivity index (χ3v) is 11.8. The maximum Gasteiger partial charge on any atom is 0.305 e. The minimum absolute atomic E-state index is 0.0840. The molecule has 4 fully saturated rings. The quantitative estimate of drug-likeness (QED) is 0.342. The van der Waals surface area contributed by atoms with E-state index in [9.17, 15) is 19.2 Å². The van der Waals surface area contributed by atoms with Gasteiger partial charge in [-0.05, 0) is 80.0 Å². The molecule has 7 heteroatoms. The first-order valence-electron chi connectivity index (χ1n) is 14.2. The lowest BCUT2D eigenvalue weighted by atomic mass is 9.35. The van der Waals surface area contributed by atoms with Crippen LogP contribution in [0.25, 0.3) is 0 Å². The fourth-order valence-electron chi connectivity index (χ4n) is 9.74. The molecule has 0 unspecified atom stereocenters. The summed E-state index contributed by atoms with van der Waals surface area (Å²) in [5, 5.41) is 0. The smallest absolute Gasteiger partial charge is 0.305 e. The van der Waals surface area contributed by atoms with Crippen LogP contribution in [-0.2, 0) is 33.4 Å². The van der Waals surface area contributed by atoms with Crippen molar-refractivity contribution in [3.05, 3.63) is 0 Å². The number of ketones is 1. The Balaban J connectivity index is 1.70. The topological polar surface area (TPSA) is 96.0 Å². The lowest BCUT2D eigenvalue weighted by Gasteiger charge is -2.70. The van der Waals surface area contributed by atoms with Crippen LogP contribution in [-0.4, -0.2) is 43.0 Å². The maximum absolute atomic E-state index is 14.1. The van der Waals surface area contributed by atoms with Crippen molar-refractivity contribution in [1.29, 1.82) is 0 Å². The summed E-state index contributed by atoms with van der Waals surface area (Å²) in [6, 6.07) is 0. The number of ether oxygens (including phenoxy) is 3. The number of esters is 3. The summed E-state index contributed by atoms with van der Waals surface area (Å²) in [5.41, 5.74) is -1.16. The molecule has 7 nitrogen and oxygen atoms in total. The van der Waals surface area contributed by atoms with E-state index in [4.69, 9.17) is 14.2 Å². The standard InChI is InChI=1S/C30H46O7/c1-18(31)36-21-13-14-28(4)23-15-24(33)29(5)20(9-8-10-26(34)35-7)11-12-22(29)30(23,6)25(37-19(2)32)17-27(28,3)16-21/h20-23,25H,8-17H2,1-7H3/t20-,21+,22+,23+,25+,27-,28+,29+,30-/m0/s1. The minimum atomic E-state index is -0.487. The lowest BCUT2D eigenvalue weighted by molar-refractivity contribution is -0.252. The first kappa shape index (κ1) is 28.1. The zero-order chi connectivity index (χ0) is 27.4. The van der Waals surface area contributed by atoms with Crippen LogP contribution in [0.4, 0.5) is 0 Å². The Morgan fingerprint density at radius 2 is 1.59 bits per heavy atom. The summed E-state index contributed by atoms with van der Waals surface area (Å²) < 4.78 is 16.7.